The number of para-hydroxylation sites is 1. The monoisotopic (exact) mass is 415 g/mol. The van der Waals surface area contributed by atoms with Crippen LogP contribution in [0.3, 0.4) is 0 Å². The van der Waals surface area contributed by atoms with Gasteiger partial charge in [0.15, 0.2) is 6.10 Å². The molecule has 0 amide bonds. The van der Waals surface area contributed by atoms with Crippen molar-refractivity contribution in [1.82, 2.24) is 4.57 Å². The highest BCUT2D eigenvalue weighted by molar-refractivity contribution is 6.31. The number of halogens is 1. The average Bonchev–Trinajstić information content (AvgIpc) is 3.18. The molecule has 3 aromatic carbocycles. The molecule has 0 aliphatic carbocycles. The zero-order valence-corrected chi connectivity index (χ0v) is 17.0. The molecule has 0 saturated carbocycles. The van der Waals surface area contributed by atoms with E-state index in [1.807, 2.05) is 60.7 Å². The van der Waals surface area contributed by atoms with Gasteiger partial charge in [-0.1, -0.05) is 72.3 Å². The summed E-state index contributed by atoms with van der Waals surface area (Å²) in [7, 11) is 1.74. The predicted molar refractivity (Wildman–Crippen MR) is 118 cm³/mol. The van der Waals surface area contributed by atoms with Gasteiger partial charge in [-0.25, -0.2) is 0 Å². The summed E-state index contributed by atoms with van der Waals surface area (Å²) in [5, 5.41) is 1.30. The van der Waals surface area contributed by atoms with E-state index in [4.69, 9.17) is 16.3 Å². The van der Waals surface area contributed by atoms with Crippen LogP contribution in [0.15, 0.2) is 83.7 Å². The number of carbonyl (C=O) groups excluding carboxylic acids is 1. The summed E-state index contributed by atoms with van der Waals surface area (Å²) in [6, 6.07) is 23.9. The van der Waals surface area contributed by atoms with Crippen LogP contribution in [-0.4, -0.2) is 16.5 Å². The van der Waals surface area contributed by atoms with Crippen molar-refractivity contribution in [3.63, 3.8) is 0 Å². The Kier molecular flexibility index (Phi) is 4.44. The molecule has 0 saturated heterocycles. The molecular formula is C25H18ClNO3. The number of Topliss-reactive ketones (excluding diaryl/α,β-unsaturated/α-hetero) is 1. The molecule has 30 heavy (non-hydrogen) atoms. The third kappa shape index (κ3) is 2.76. The van der Waals surface area contributed by atoms with Crippen molar-refractivity contribution in [3.8, 4) is 5.75 Å². The van der Waals surface area contributed by atoms with E-state index in [1.54, 1.807) is 29.8 Å². The largest absolute Gasteiger partial charge is 0.480 e. The van der Waals surface area contributed by atoms with Crippen LogP contribution in [0.4, 0.5) is 0 Å². The van der Waals surface area contributed by atoms with E-state index in [2.05, 4.69) is 0 Å². The van der Waals surface area contributed by atoms with Gasteiger partial charge in [-0.05, 0) is 23.8 Å². The Balaban J connectivity index is 1.80. The van der Waals surface area contributed by atoms with Gasteiger partial charge >= 0.3 is 0 Å². The molecule has 148 valence electrons. The third-order valence-corrected chi connectivity index (χ3v) is 6.05. The number of aryl methyl sites for hydroxylation is 1. The van der Waals surface area contributed by atoms with Crippen LogP contribution in [0.2, 0.25) is 5.02 Å². The first-order valence-electron chi connectivity index (χ1n) is 9.70. The minimum absolute atomic E-state index is 0.178. The van der Waals surface area contributed by atoms with Crippen molar-refractivity contribution in [2.24, 2.45) is 7.05 Å². The van der Waals surface area contributed by atoms with Crippen LogP contribution < -0.4 is 10.3 Å². The molecule has 2 atom stereocenters. The summed E-state index contributed by atoms with van der Waals surface area (Å²) in [6.07, 6.45) is -0.874. The van der Waals surface area contributed by atoms with E-state index in [-0.39, 0.29) is 11.3 Å². The molecule has 2 heterocycles. The second kappa shape index (κ2) is 7.15. The van der Waals surface area contributed by atoms with Gasteiger partial charge in [-0.2, -0.15) is 0 Å². The van der Waals surface area contributed by atoms with Crippen molar-refractivity contribution in [3.05, 3.63) is 111 Å². The summed E-state index contributed by atoms with van der Waals surface area (Å²) in [6.45, 7) is 0. The number of ketones is 1. The molecule has 5 heteroatoms. The van der Waals surface area contributed by atoms with Crippen LogP contribution in [0, 0.1) is 0 Å². The SMILES string of the molecule is Cn1c(=O)c2c(c3ccccc31)OC(C(=O)c1ccccc1)C2c1ccccc1Cl. The summed E-state index contributed by atoms with van der Waals surface area (Å²) in [4.78, 5) is 26.9. The Morgan fingerprint density at radius 3 is 2.37 bits per heavy atom. The lowest BCUT2D eigenvalue weighted by atomic mass is 9.85. The van der Waals surface area contributed by atoms with Gasteiger partial charge in [0.05, 0.1) is 17.0 Å². The van der Waals surface area contributed by atoms with E-state index in [9.17, 15) is 9.59 Å². The van der Waals surface area contributed by atoms with Crippen molar-refractivity contribution in [2.75, 3.05) is 0 Å². The number of nitrogens with zero attached hydrogens (tertiary/aromatic N) is 1. The second-order valence-electron chi connectivity index (χ2n) is 7.39. The fourth-order valence-corrected chi connectivity index (χ4v) is 4.51. The van der Waals surface area contributed by atoms with E-state index < -0.39 is 12.0 Å². The molecule has 4 aromatic rings. The smallest absolute Gasteiger partial charge is 0.258 e. The van der Waals surface area contributed by atoms with Crippen molar-refractivity contribution in [1.29, 1.82) is 0 Å². The first kappa shape index (κ1) is 18.6. The number of rotatable bonds is 3. The van der Waals surface area contributed by atoms with Crippen LogP contribution in [0.1, 0.15) is 27.4 Å². The number of ether oxygens (including phenoxy) is 1. The number of benzene rings is 3. The second-order valence-corrected chi connectivity index (χ2v) is 7.80. The standard InChI is InChI=1S/C25H18ClNO3/c1-27-19-14-8-6-12-17(19)23-21(25(27)29)20(16-11-5-7-13-18(16)26)24(30-23)22(28)15-9-3-2-4-10-15/h2-14,20,24H,1H3. The summed E-state index contributed by atoms with van der Waals surface area (Å²) >= 11 is 6.52. The zero-order valence-electron chi connectivity index (χ0n) is 16.2. The minimum atomic E-state index is -0.874. The number of hydrogen-bond donors (Lipinski definition) is 0. The Hall–Kier alpha value is -3.37. The molecule has 0 bridgehead atoms. The summed E-state index contributed by atoms with van der Waals surface area (Å²) in [5.41, 5.74) is 2.29. The maximum atomic E-state index is 13.5. The van der Waals surface area contributed by atoms with Gasteiger partial charge in [0, 0.05) is 23.0 Å². The van der Waals surface area contributed by atoms with Gasteiger partial charge < -0.3 is 9.30 Å². The molecular weight excluding hydrogens is 398 g/mol. The summed E-state index contributed by atoms with van der Waals surface area (Å²) in [5.74, 6) is -0.305. The molecule has 0 radical (unpaired) electrons. The maximum absolute atomic E-state index is 13.5. The maximum Gasteiger partial charge on any atom is 0.258 e. The van der Waals surface area contributed by atoms with Crippen molar-refractivity contribution < 1.29 is 9.53 Å². The van der Waals surface area contributed by atoms with Crippen LogP contribution in [-0.2, 0) is 7.05 Å². The fraction of sp³-hybridized carbons (Fsp3) is 0.120. The van der Waals surface area contributed by atoms with Crippen molar-refractivity contribution in [2.45, 2.75) is 12.0 Å². The van der Waals surface area contributed by atoms with Gasteiger partial charge in [-0.3, -0.25) is 9.59 Å². The predicted octanol–water partition coefficient (Wildman–Crippen LogP) is 4.97. The van der Waals surface area contributed by atoms with Crippen LogP contribution in [0.25, 0.3) is 10.9 Å². The van der Waals surface area contributed by atoms with E-state index >= 15 is 0 Å². The number of aromatic nitrogens is 1. The third-order valence-electron chi connectivity index (χ3n) is 5.71. The zero-order chi connectivity index (χ0) is 20.8. The van der Waals surface area contributed by atoms with Gasteiger partial charge in [0.2, 0.25) is 5.78 Å². The normalized spacial score (nSPS) is 17.5. The first-order valence-corrected chi connectivity index (χ1v) is 10.1. The molecule has 4 nitrogen and oxygen atoms in total. The lowest BCUT2D eigenvalue weighted by molar-refractivity contribution is 0.0808. The molecule has 5 rings (SSSR count). The lowest BCUT2D eigenvalue weighted by Gasteiger charge is -2.19. The number of fused-ring (bicyclic) bond motifs is 3. The van der Waals surface area contributed by atoms with E-state index in [0.717, 1.165) is 10.9 Å². The van der Waals surface area contributed by atoms with Crippen molar-refractivity contribution >= 4 is 28.3 Å². The molecule has 0 spiro atoms. The number of pyridine rings is 1. The summed E-state index contributed by atoms with van der Waals surface area (Å²) < 4.78 is 7.88. The van der Waals surface area contributed by atoms with Gasteiger partial charge in [0.1, 0.15) is 5.75 Å². The molecule has 0 N–H and O–H groups in total. The fourth-order valence-electron chi connectivity index (χ4n) is 4.26. The Labute approximate surface area is 178 Å². The highest BCUT2D eigenvalue weighted by atomic mass is 35.5. The molecule has 1 aromatic heterocycles. The number of hydrogen-bond acceptors (Lipinski definition) is 3. The molecule has 0 fully saturated rings. The van der Waals surface area contributed by atoms with E-state index in [0.29, 0.717) is 27.5 Å². The minimum Gasteiger partial charge on any atom is -0.480 e. The molecule has 1 aliphatic heterocycles. The highest BCUT2D eigenvalue weighted by Crippen LogP contribution is 2.46. The Morgan fingerprint density at radius 2 is 1.60 bits per heavy atom. The average molecular weight is 416 g/mol. The van der Waals surface area contributed by atoms with Crippen LogP contribution in [0.5, 0.6) is 5.75 Å². The first-order chi connectivity index (χ1) is 14.6. The molecule has 1 aliphatic rings. The van der Waals surface area contributed by atoms with Crippen LogP contribution >= 0.6 is 11.6 Å². The lowest BCUT2D eigenvalue weighted by Crippen LogP contribution is -2.32. The van der Waals surface area contributed by atoms with E-state index in [1.165, 1.54) is 0 Å². The highest BCUT2D eigenvalue weighted by Gasteiger charge is 2.44. The Bertz CT molecular complexity index is 1340. The number of carbonyl (C=O) groups is 1. The topological polar surface area (TPSA) is 48.3 Å². The van der Waals surface area contributed by atoms with Gasteiger partial charge in [-0.15, -0.1) is 0 Å². The molecule has 2 unspecified atom stereocenters. The quantitative estimate of drug-likeness (QED) is 0.444. The Morgan fingerprint density at radius 1 is 0.933 bits per heavy atom. The van der Waals surface area contributed by atoms with Gasteiger partial charge in [0.25, 0.3) is 5.56 Å².